The van der Waals surface area contributed by atoms with Crippen molar-refractivity contribution in [2.45, 2.75) is 6.42 Å². The van der Waals surface area contributed by atoms with Crippen LogP contribution in [0.15, 0.2) is 18.2 Å². The molecule has 0 heterocycles. The maximum atomic E-state index is 11.6. The monoisotopic (exact) mass is 464 g/mol. The molecule has 0 saturated carbocycles. The van der Waals surface area contributed by atoms with E-state index in [0.717, 1.165) is 18.0 Å². The molecule has 4 heteroatoms. The molecule has 0 spiro atoms. The largest absolute Gasteiger partial charge is 0.294 e. The summed E-state index contributed by atoms with van der Waals surface area (Å²) in [4.78, 5) is 11.6. The van der Waals surface area contributed by atoms with Gasteiger partial charge in [0, 0.05) is 24.5 Å². The third-order valence-corrected chi connectivity index (χ3v) is 5.06. The van der Waals surface area contributed by atoms with E-state index in [-0.39, 0.29) is 5.78 Å². The number of ketones is 1. The lowest BCUT2D eigenvalue weighted by molar-refractivity contribution is 0.0989. The van der Waals surface area contributed by atoms with E-state index in [4.69, 9.17) is 0 Å². The van der Waals surface area contributed by atoms with Crippen LogP contribution in [0.5, 0.6) is 0 Å². The van der Waals surface area contributed by atoms with Gasteiger partial charge in [-0.3, -0.25) is 4.79 Å². The smallest absolute Gasteiger partial charge is 0.164 e. The molecule has 0 fully saturated rings. The van der Waals surface area contributed by atoms with Crippen LogP contribution < -0.4 is 0 Å². The van der Waals surface area contributed by atoms with Crippen molar-refractivity contribution in [1.82, 2.24) is 0 Å². The Labute approximate surface area is 113 Å². The molecule has 0 N–H and O–H groups in total. The fraction of sp³-hybridized carbons (Fsp3) is 0.222. The van der Waals surface area contributed by atoms with Crippen molar-refractivity contribution in [3.63, 3.8) is 0 Å². The summed E-state index contributed by atoms with van der Waals surface area (Å²) >= 11 is 7.72. The third kappa shape index (κ3) is 3.16. The van der Waals surface area contributed by atoms with Gasteiger partial charge in [0.25, 0.3) is 0 Å². The van der Waals surface area contributed by atoms with E-state index < -0.39 is 0 Å². The maximum absolute atomic E-state index is 11.6. The number of carbonyl (C=O) groups is 1. The van der Waals surface area contributed by atoms with Crippen molar-refractivity contribution < 1.29 is 4.79 Å². The summed E-state index contributed by atoms with van der Waals surface area (Å²) < 4.78 is 2.20. The van der Waals surface area contributed by atoms with Crippen LogP contribution >= 0.6 is 61.1 Å². The number of halogens is 3. The van der Waals surface area contributed by atoms with Gasteiger partial charge in [0.15, 0.2) is 5.78 Å². The van der Waals surface area contributed by atoms with E-state index in [9.17, 15) is 4.79 Å². The first-order chi connectivity index (χ1) is 6.16. The van der Waals surface area contributed by atoms with Gasteiger partial charge in [-0.25, -0.2) is 0 Å². The lowest BCUT2D eigenvalue weighted by atomic mass is 10.1. The molecule has 0 aliphatic carbocycles. The molecule has 0 amide bonds. The second kappa shape index (κ2) is 5.65. The van der Waals surface area contributed by atoms with Gasteiger partial charge in [-0.05, 0) is 51.2 Å². The van der Waals surface area contributed by atoms with Gasteiger partial charge < -0.3 is 0 Å². The van der Waals surface area contributed by atoms with Crippen LogP contribution in [-0.2, 0) is 0 Å². The SMILES string of the molecule is O=C(CCBr)c1cccc(I)c1I. The molecular weight excluding hydrogens is 458 g/mol. The van der Waals surface area contributed by atoms with Crippen molar-refractivity contribution in [1.29, 1.82) is 0 Å². The Morgan fingerprint density at radius 3 is 2.69 bits per heavy atom. The maximum Gasteiger partial charge on any atom is 0.164 e. The van der Waals surface area contributed by atoms with Crippen LogP contribution in [0.4, 0.5) is 0 Å². The molecule has 13 heavy (non-hydrogen) atoms. The molecule has 0 aliphatic heterocycles. The van der Waals surface area contributed by atoms with E-state index in [1.165, 1.54) is 0 Å². The molecule has 0 unspecified atom stereocenters. The average Bonchev–Trinajstić information content (AvgIpc) is 2.10. The van der Waals surface area contributed by atoms with Crippen molar-refractivity contribution in [3.8, 4) is 0 Å². The van der Waals surface area contributed by atoms with Crippen molar-refractivity contribution in [2.75, 3.05) is 5.33 Å². The molecule has 0 radical (unpaired) electrons. The summed E-state index contributed by atoms with van der Waals surface area (Å²) in [5, 5.41) is 0.730. The fourth-order valence-electron chi connectivity index (χ4n) is 0.940. The van der Waals surface area contributed by atoms with Crippen molar-refractivity contribution in [2.24, 2.45) is 0 Å². The molecule has 0 atom stereocenters. The third-order valence-electron chi connectivity index (χ3n) is 1.57. The molecule has 1 aromatic carbocycles. The molecule has 0 bridgehead atoms. The summed E-state index contributed by atoms with van der Waals surface area (Å²) in [7, 11) is 0. The first-order valence-corrected chi connectivity index (χ1v) is 6.98. The molecule has 1 nitrogen and oxygen atoms in total. The van der Waals surface area contributed by atoms with Gasteiger partial charge >= 0.3 is 0 Å². The van der Waals surface area contributed by atoms with Crippen LogP contribution in [0, 0.1) is 7.14 Å². The Kier molecular flexibility index (Phi) is 5.17. The molecule has 0 aliphatic rings. The van der Waals surface area contributed by atoms with Gasteiger partial charge in [0.2, 0.25) is 0 Å². The van der Waals surface area contributed by atoms with Crippen LogP contribution in [-0.4, -0.2) is 11.1 Å². The lowest BCUT2D eigenvalue weighted by Crippen LogP contribution is -2.03. The summed E-state index contributed by atoms with van der Waals surface area (Å²) in [6.45, 7) is 0. The van der Waals surface area contributed by atoms with Gasteiger partial charge in [-0.1, -0.05) is 28.1 Å². The standard InChI is InChI=1S/C9H7BrI2O/c10-5-4-8(13)6-2-1-3-7(11)9(6)12/h1-3H,4-5H2. The zero-order valence-corrected chi connectivity index (χ0v) is 12.6. The summed E-state index contributed by atoms with van der Waals surface area (Å²) in [6, 6.07) is 5.81. The molecule has 70 valence electrons. The lowest BCUT2D eigenvalue weighted by Gasteiger charge is -2.03. The highest BCUT2D eigenvalue weighted by Crippen LogP contribution is 2.20. The van der Waals surface area contributed by atoms with Crippen LogP contribution in [0.25, 0.3) is 0 Å². The Balaban J connectivity index is 3.01. The highest BCUT2D eigenvalue weighted by Gasteiger charge is 2.10. The number of benzene rings is 1. The Morgan fingerprint density at radius 1 is 1.38 bits per heavy atom. The van der Waals surface area contributed by atoms with E-state index in [2.05, 4.69) is 61.1 Å². The van der Waals surface area contributed by atoms with Gasteiger partial charge in [0.1, 0.15) is 0 Å². The number of hydrogen-bond donors (Lipinski definition) is 0. The predicted molar refractivity (Wildman–Crippen MR) is 74.6 cm³/mol. The molecule has 1 aromatic rings. The second-order valence-electron chi connectivity index (χ2n) is 2.46. The number of rotatable bonds is 3. The minimum atomic E-state index is 0.208. The zero-order chi connectivity index (χ0) is 9.84. The quantitative estimate of drug-likeness (QED) is 0.377. The van der Waals surface area contributed by atoms with E-state index in [0.29, 0.717) is 6.42 Å². The van der Waals surface area contributed by atoms with Crippen LogP contribution in [0.1, 0.15) is 16.8 Å². The van der Waals surface area contributed by atoms with E-state index in [1.54, 1.807) is 0 Å². The first kappa shape index (κ1) is 11.9. The van der Waals surface area contributed by atoms with Crippen LogP contribution in [0.3, 0.4) is 0 Å². The van der Waals surface area contributed by atoms with Crippen LogP contribution in [0.2, 0.25) is 0 Å². The van der Waals surface area contributed by atoms with Crippen molar-refractivity contribution in [3.05, 3.63) is 30.9 Å². The second-order valence-corrected chi connectivity index (χ2v) is 5.50. The van der Waals surface area contributed by atoms with Crippen molar-refractivity contribution >= 4 is 66.9 Å². The first-order valence-electron chi connectivity index (χ1n) is 3.70. The zero-order valence-electron chi connectivity index (χ0n) is 6.69. The highest BCUT2D eigenvalue weighted by atomic mass is 127. The summed E-state index contributed by atoms with van der Waals surface area (Å²) in [5.41, 5.74) is 0.840. The average molecular weight is 465 g/mol. The number of carbonyl (C=O) groups excluding carboxylic acids is 1. The minimum Gasteiger partial charge on any atom is -0.294 e. The summed E-state index contributed by atoms with van der Waals surface area (Å²) in [6.07, 6.45) is 0.566. The molecular formula is C9H7BrI2O. The van der Waals surface area contributed by atoms with E-state index in [1.807, 2.05) is 18.2 Å². The van der Waals surface area contributed by atoms with E-state index >= 15 is 0 Å². The fourth-order valence-corrected chi connectivity index (χ4v) is 2.46. The molecule has 1 rings (SSSR count). The summed E-state index contributed by atoms with van der Waals surface area (Å²) in [5.74, 6) is 0.208. The Morgan fingerprint density at radius 2 is 2.08 bits per heavy atom. The Hall–Kier alpha value is 0.830. The minimum absolute atomic E-state index is 0.208. The van der Waals surface area contributed by atoms with Gasteiger partial charge in [-0.15, -0.1) is 0 Å². The molecule has 0 aromatic heterocycles. The Bertz CT molecular complexity index is 325. The number of alkyl halides is 1. The predicted octanol–water partition coefficient (Wildman–Crippen LogP) is 3.86. The topological polar surface area (TPSA) is 17.1 Å². The van der Waals surface area contributed by atoms with Gasteiger partial charge in [0.05, 0.1) is 0 Å². The highest BCUT2D eigenvalue weighted by molar-refractivity contribution is 14.1. The number of Topliss-reactive ketones (excluding diaryl/α,β-unsaturated/α-hetero) is 1. The number of hydrogen-bond acceptors (Lipinski definition) is 1. The normalized spacial score (nSPS) is 10.1. The van der Waals surface area contributed by atoms with Gasteiger partial charge in [-0.2, -0.15) is 0 Å². The molecule has 0 saturated heterocycles.